The van der Waals surface area contributed by atoms with Crippen molar-refractivity contribution in [1.29, 1.82) is 0 Å². The highest BCUT2D eigenvalue weighted by atomic mass is 32.1. The zero-order valence-electron chi connectivity index (χ0n) is 12.3. The number of likely N-dealkylation sites (tertiary alicyclic amines) is 1. The Hall–Kier alpha value is -0.220. The molecule has 1 spiro atoms. The molecule has 1 saturated carbocycles. The lowest BCUT2D eigenvalue weighted by atomic mass is 9.81. The molecule has 19 heavy (non-hydrogen) atoms. The molecule has 2 unspecified atom stereocenters. The summed E-state index contributed by atoms with van der Waals surface area (Å²) in [6, 6.07) is 0.381. The monoisotopic (exact) mass is 284 g/mol. The molecule has 110 valence electrons. The molecule has 1 N–H and O–H groups in total. The topological polar surface area (TPSA) is 32.3 Å². The molecule has 2 aliphatic rings. The Balaban J connectivity index is 2.24. The maximum atomic E-state index is 12.8. The molecule has 1 saturated heterocycles. The average Bonchev–Trinajstić information content (AvgIpc) is 2.86. The van der Waals surface area contributed by atoms with Crippen molar-refractivity contribution in [3.63, 3.8) is 0 Å². The zero-order chi connectivity index (χ0) is 13.9. The summed E-state index contributed by atoms with van der Waals surface area (Å²) in [5.41, 5.74) is 0.175. The van der Waals surface area contributed by atoms with E-state index in [4.69, 9.17) is 0 Å². The van der Waals surface area contributed by atoms with E-state index in [0.29, 0.717) is 17.7 Å². The van der Waals surface area contributed by atoms with E-state index < -0.39 is 0 Å². The van der Waals surface area contributed by atoms with E-state index in [9.17, 15) is 4.79 Å². The molecule has 4 heteroatoms. The fourth-order valence-corrected chi connectivity index (χ4v) is 4.14. The zero-order valence-corrected chi connectivity index (χ0v) is 13.2. The third-order valence-corrected chi connectivity index (χ3v) is 5.51. The Morgan fingerprint density at radius 1 is 1.37 bits per heavy atom. The summed E-state index contributed by atoms with van der Waals surface area (Å²) in [6.45, 7) is 2.94. The van der Waals surface area contributed by atoms with E-state index in [1.54, 1.807) is 0 Å². The minimum Gasteiger partial charge on any atom is -0.333 e. The average molecular weight is 284 g/mol. The van der Waals surface area contributed by atoms with E-state index in [-0.39, 0.29) is 11.5 Å². The van der Waals surface area contributed by atoms with Crippen molar-refractivity contribution >= 4 is 18.5 Å². The first-order valence-electron chi connectivity index (χ1n) is 7.73. The number of carbonyl (C=O) groups is 1. The molecule has 2 atom stereocenters. The van der Waals surface area contributed by atoms with Crippen molar-refractivity contribution in [1.82, 2.24) is 10.2 Å². The summed E-state index contributed by atoms with van der Waals surface area (Å²) >= 11 is 4.32. The van der Waals surface area contributed by atoms with E-state index >= 15 is 0 Å². The SMILES string of the molecule is CNCC1CCCC2(CCCC2)N1C(=O)C(C)CS. The Bertz CT molecular complexity index is 313. The molecule has 3 nitrogen and oxygen atoms in total. The number of amides is 1. The van der Waals surface area contributed by atoms with Crippen LogP contribution in [0.15, 0.2) is 0 Å². The molecule has 0 aromatic carbocycles. The van der Waals surface area contributed by atoms with Crippen molar-refractivity contribution in [3.05, 3.63) is 0 Å². The van der Waals surface area contributed by atoms with Gasteiger partial charge in [0.1, 0.15) is 0 Å². The van der Waals surface area contributed by atoms with Gasteiger partial charge in [-0.25, -0.2) is 0 Å². The van der Waals surface area contributed by atoms with Crippen LogP contribution in [0.4, 0.5) is 0 Å². The standard InChI is InChI=1S/C15H28N2OS/c1-12(11-19)14(18)17-13(10-16-2)6-5-9-15(17)7-3-4-8-15/h12-13,16,19H,3-11H2,1-2H3. The van der Waals surface area contributed by atoms with Gasteiger partial charge in [0, 0.05) is 29.8 Å². The van der Waals surface area contributed by atoms with E-state index in [0.717, 1.165) is 13.0 Å². The Kier molecular flexibility index (Phi) is 5.18. The van der Waals surface area contributed by atoms with Gasteiger partial charge >= 0.3 is 0 Å². The van der Waals surface area contributed by atoms with Crippen LogP contribution in [-0.4, -0.2) is 41.7 Å². The highest BCUT2D eigenvalue weighted by Gasteiger charge is 2.47. The summed E-state index contributed by atoms with van der Waals surface area (Å²) in [5.74, 6) is 1.02. The lowest BCUT2D eigenvalue weighted by Crippen LogP contribution is -2.61. The van der Waals surface area contributed by atoms with Gasteiger partial charge in [0.15, 0.2) is 0 Å². The predicted octanol–water partition coefficient (Wildman–Crippen LogP) is 2.47. The first-order valence-corrected chi connectivity index (χ1v) is 8.36. The Labute approximate surface area is 122 Å². The van der Waals surface area contributed by atoms with Gasteiger partial charge in [-0.1, -0.05) is 19.8 Å². The number of thiol groups is 1. The molecule has 1 heterocycles. The number of rotatable bonds is 4. The van der Waals surface area contributed by atoms with Crippen LogP contribution < -0.4 is 5.32 Å². The Morgan fingerprint density at radius 2 is 2.00 bits per heavy atom. The summed E-state index contributed by atoms with van der Waals surface area (Å²) in [4.78, 5) is 15.1. The normalized spacial score (nSPS) is 27.7. The number of likely N-dealkylation sites (N-methyl/N-ethyl adjacent to an activating group) is 1. The summed E-state index contributed by atoms with van der Waals surface area (Å²) in [7, 11) is 1.99. The van der Waals surface area contributed by atoms with Crippen LogP contribution in [0.3, 0.4) is 0 Å². The molecular weight excluding hydrogens is 256 g/mol. The first kappa shape index (κ1) is 15.2. The van der Waals surface area contributed by atoms with Crippen LogP contribution in [0.2, 0.25) is 0 Å². The number of nitrogens with one attached hydrogen (secondary N) is 1. The molecule has 0 radical (unpaired) electrons. The number of hydrogen-bond donors (Lipinski definition) is 2. The van der Waals surface area contributed by atoms with E-state index in [1.807, 2.05) is 14.0 Å². The van der Waals surface area contributed by atoms with Crippen LogP contribution in [0.1, 0.15) is 51.9 Å². The van der Waals surface area contributed by atoms with Gasteiger partial charge in [-0.2, -0.15) is 12.6 Å². The third-order valence-electron chi connectivity index (χ3n) is 4.96. The second-order valence-corrected chi connectivity index (χ2v) is 6.69. The van der Waals surface area contributed by atoms with Gasteiger partial charge in [0.05, 0.1) is 0 Å². The highest BCUT2D eigenvalue weighted by molar-refractivity contribution is 7.80. The number of nitrogens with zero attached hydrogens (tertiary/aromatic N) is 1. The lowest BCUT2D eigenvalue weighted by Gasteiger charge is -2.51. The van der Waals surface area contributed by atoms with Crippen LogP contribution in [0, 0.1) is 5.92 Å². The van der Waals surface area contributed by atoms with Crippen molar-refractivity contribution in [3.8, 4) is 0 Å². The number of hydrogen-bond acceptors (Lipinski definition) is 3. The van der Waals surface area contributed by atoms with Crippen molar-refractivity contribution in [2.75, 3.05) is 19.3 Å². The van der Waals surface area contributed by atoms with Crippen LogP contribution in [-0.2, 0) is 4.79 Å². The first-order chi connectivity index (χ1) is 9.14. The van der Waals surface area contributed by atoms with Crippen LogP contribution in [0.25, 0.3) is 0 Å². The van der Waals surface area contributed by atoms with Gasteiger partial charge in [0.2, 0.25) is 5.91 Å². The summed E-state index contributed by atoms with van der Waals surface area (Å²) in [5, 5.41) is 3.27. The van der Waals surface area contributed by atoms with Crippen LogP contribution in [0.5, 0.6) is 0 Å². The van der Waals surface area contributed by atoms with Gasteiger partial charge in [0.25, 0.3) is 0 Å². The Morgan fingerprint density at radius 3 is 2.58 bits per heavy atom. The van der Waals surface area contributed by atoms with Crippen molar-refractivity contribution < 1.29 is 4.79 Å². The molecule has 1 aliphatic carbocycles. The van der Waals surface area contributed by atoms with Crippen LogP contribution >= 0.6 is 12.6 Å². The molecule has 0 aromatic heterocycles. The second kappa shape index (κ2) is 6.49. The smallest absolute Gasteiger partial charge is 0.226 e. The third kappa shape index (κ3) is 2.94. The second-order valence-electron chi connectivity index (χ2n) is 6.33. The van der Waals surface area contributed by atoms with Gasteiger partial charge in [-0.15, -0.1) is 0 Å². The van der Waals surface area contributed by atoms with Gasteiger partial charge < -0.3 is 10.2 Å². The molecule has 0 aromatic rings. The van der Waals surface area contributed by atoms with Crippen molar-refractivity contribution in [2.45, 2.75) is 63.5 Å². The largest absolute Gasteiger partial charge is 0.333 e. The van der Waals surface area contributed by atoms with E-state index in [1.165, 1.54) is 38.5 Å². The number of piperidine rings is 1. The molecular formula is C15H28N2OS. The van der Waals surface area contributed by atoms with E-state index in [2.05, 4.69) is 22.8 Å². The molecule has 1 aliphatic heterocycles. The maximum Gasteiger partial charge on any atom is 0.226 e. The number of carbonyl (C=O) groups excluding carboxylic acids is 1. The fraction of sp³-hybridized carbons (Fsp3) is 0.933. The summed E-state index contributed by atoms with van der Waals surface area (Å²) < 4.78 is 0. The van der Waals surface area contributed by atoms with Gasteiger partial charge in [-0.3, -0.25) is 4.79 Å². The van der Waals surface area contributed by atoms with Gasteiger partial charge in [-0.05, 0) is 39.2 Å². The quantitative estimate of drug-likeness (QED) is 0.777. The minimum atomic E-state index is 0.0401. The predicted molar refractivity (Wildman–Crippen MR) is 82.6 cm³/mol. The fourth-order valence-electron chi connectivity index (χ4n) is 3.99. The maximum absolute atomic E-state index is 12.8. The molecule has 0 bridgehead atoms. The minimum absolute atomic E-state index is 0.0401. The molecule has 1 amide bonds. The highest BCUT2D eigenvalue weighted by Crippen LogP contribution is 2.44. The van der Waals surface area contributed by atoms with Crippen molar-refractivity contribution in [2.24, 2.45) is 5.92 Å². The summed E-state index contributed by atoms with van der Waals surface area (Å²) in [6.07, 6.45) is 8.60. The molecule has 2 fully saturated rings. The lowest BCUT2D eigenvalue weighted by molar-refractivity contribution is -0.147. The molecule has 2 rings (SSSR count).